The molecule has 0 radical (unpaired) electrons. The Morgan fingerprint density at radius 3 is 2.38 bits per heavy atom. The van der Waals surface area contributed by atoms with Crippen LogP contribution in [0, 0.1) is 30.6 Å². The van der Waals surface area contributed by atoms with Gasteiger partial charge in [-0.1, -0.05) is 54.6 Å². The predicted octanol–water partition coefficient (Wildman–Crippen LogP) is 5.18. The van der Waals surface area contributed by atoms with Crippen molar-refractivity contribution in [3.63, 3.8) is 0 Å². The molecule has 1 saturated heterocycles. The van der Waals surface area contributed by atoms with E-state index in [1.807, 2.05) is 49.4 Å². The molecule has 2 bridgehead atoms. The lowest BCUT2D eigenvalue weighted by Crippen LogP contribution is -2.33. The zero-order valence-electron chi connectivity index (χ0n) is 19.0. The van der Waals surface area contributed by atoms with Gasteiger partial charge in [-0.15, -0.1) is 0 Å². The summed E-state index contributed by atoms with van der Waals surface area (Å²) in [6, 6.07) is 24.8. The molecule has 2 aliphatic carbocycles. The summed E-state index contributed by atoms with van der Waals surface area (Å²) in [5.74, 6) is -0.205. The molecule has 5 heteroatoms. The van der Waals surface area contributed by atoms with Crippen molar-refractivity contribution in [1.29, 1.82) is 0 Å². The van der Waals surface area contributed by atoms with Crippen molar-refractivity contribution in [2.75, 3.05) is 10.2 Å². The van der Waals surface area contributed by atoms with Gasteiger partial charge >= 0.3 is 0 Å². The van der Waals surface area contributed by atoms with Crippen LogP contribution in [-0.4, -0.2) is 17.7 Å². The van der Waals surface area contributed by atoms with Crippen LogP contribution in [0.5, 0.6) is 0 Å². The number of para-hydroxylation sites is 1. The summed E-state index contributed by atoms with van der Waals surface area (Å²) in [5.41, 5.74) is 3.88. The summed E-state index contributed by atoms with van der Waals surface area (Å²) < 4.78 is 0. The summed E-state index contributed by atoms with van der Waals surface area (Å²) in [7, 11) is 0. The molecule has 0 aromatic heterocycles. The van der Waals surface area contributed by atoms with Gasteiger partial charge in [-0.2, -0.15) is 0 Å². The summed E-state index contributed by atoms with van der Waals surface area (Å²) in [4.78, 5) is 41.3. The smallest absolute Gasteiger partial charge is 0.255 e. The molecule has 0 spiro atoms. The van der Waals surface area contributed by atoms with Crippen LogP contribution in [0.2, 0.25) is 0 Å². The fraction of sp³-hybridized carbons (Fsp3) is 0.276. The number of carbonyl (C=O) groups is 3. The molecule has 5 nitrogen and oxygen atoms in total. The van der Waals surface area contributed by atoms with Crippen molar-refractivity contribution in [3.05, 3.63) is 95.6 Å². The van der Waals surface area contributed by atoms with E-state index in [9.17, 15) is 14.4 Å². The van der Waals surface area contributed by atoms with Crippen molar-refractivity contribution < 1.29 is 14.4 Å². The van der Waals surface area contributed by atoms with Gasteiger partial charge < -0.3 is 5.32 Å². The summed E-state index contributed by atoms with van der Waals surface area (Å²) >= 11 is 0. The van der Waals surface area contributed by atoms with Gasteiger partial charge in [0.15, 0.2) is 0 Å². The average molecular weight is 451 g/mol. The topological polar surface area (TPSA) is 66.5 Å². The van der Waals surface area contributed by atoms with E-state index >= 15 is 0 Å². The van der Waals surface area contributed by atoms with Gasteiger partial charge in [-0.05, 0) is 72.9 Å². The van der Waals surface area contributed by atoms with E-state index in [0.29, 0.717) is 17.2 Å². The van der Waals surface area contributed by atoms with Crippen LogP contribution in [0.3, 0.4) is 0 Å². The summed E-state index contributed by atoms with van der Waals surface area (Å²) in [5, 5.41) is 2.93. The molecule has 170 valence electrons. The number of anilines is 2. The maximum atomic E-state index is 13.6. The number of amides is 3. The van der Waals surface area contributed by atoms with Gasteiger partial charge in [0.1, 0.15) is 0 Å². The lowest BCUT2D eigenvalue weighted by atomic mass is 9.73. The Hall–Kier alpha value is -3.73. The largest absolute Gasteiger partial charge is 0.322 e. The second-order valence-electron chi connectivity index (χ2n) is 9.80. The van der Waals surface area contributed by atoms with Gasteiger partial charge in [0, 0.05) is 11.3 Å². The maximum absolute atomic E-state index is 13.6. The van der Waals surface area contributed by atoms with Crippen molar-refractivity contribution in [2.24, 2.45) is 23.7 Å². The highest BCUT2D eigenvalue weighted by molar-refractivity contribution is 6.23. The quantitative estimate of drug-likeness (QED) is 0.557. The Labute approximate surface area is 198 Å². The van der Waals surface area contributed by atoms with Crippen molar-refractivity contribution >= 4 is 29.1 Å². The van der Waals surface area contributed by atoms with Crippen molar-refractivity contribution in [1.82, 2.24) is 0 Å². The normalized spacial score (nSPS) is 27.2. The first-order chi connectivity index (χ1) is 16.5. The third-order valence-corrected chi connectivity index (χ3v) is 8.00. The van der Waals surface area contributed by atoms with Gasteiger partial charge in [0.05, 0.1) is 17.5 Å². The molecule has 1 aliphatic heterocycles. The van der Waals surface area contributed by atoms with Gasteiger partial charge in [-0.25, -0.2) is 0 Å². The minimum Gasteiger partial charge on any atom is -0.322 e. The highest BCUT2D eigenvalue weighted by Gasteiger charge is 2.64. The molecular formula is C29H26N2O3. The molecule has 2 saturated carbocycles. The minimum atomic E-state index is -0.264. The maximum Gasteiger partial charge on any atom is 0.255 e. The molecule has 3 aromatic rings. The van der Waals surface area contributed by atoms with E-state index in [2.05, 4.69) is 17.4 Å². The third kappa shape index (κ3) is 3.18. The SMILES string of the molecule is Cc1ccccc1NC(=O)c1cccc(N2C(=O)[C@@H]3[C@@H]4C[C@@H]([C@H]3C2=O)[C@H](c2ccccc2)C4)c1. The lowest BCUT2D eigenvalue weighted by molar-refractivity contribution is -0.123. The van der Waals surface area contributed by atoms with E-state index in [1.54, 1.807) is 24.3 Å². The van der Waals surface area contributed by atoms with Crippen molar-refractivity contribution in [3.8, 4) is 0 Å². The molecule has 34 heavy (non-hydrogen) atoms. The number of carbonyl (C=O) groups excluding carboxylic acids is 3. The Kier molecular flexibility index (Phi) is 4.87. The zero-order chi connectivity index (χ0) is 23.4. The molecule has 3 fully saturated rings. The minimum absolute atomic E-state index is 0.106. The number of aryl methyl sites for hydroxylation is 1. The highest BCUT2D eigenvalue weighted by atomic mass is 16.2. The van der Waals surface area contributed by atoms with E-state index in [-0.39, 0.29) is 41.4 Å². The third-order valence-electron chi connectivity index (χ3n) is 8.00. The fourth-order valence-corrected chi connectivity index (χ4v) is 6.49. The van der Waals surface area contributed by atoms with E-state index in [1.165, 1.54) is 10.5 Å². The van der Waals surface area contributed by atoms with Crippen LogP contribution < -0.4 is 10.2 Å². The number of imide groups is 1. The predicted molar refractivity (Wildman–Crippen MR) is 130 cm³/mol. The number of benzene rings is 3. The van der Waals surface area contributed by atoms with Crippen LogP contribution >= 0.6 is 0 Å². The van der Waals surface area contributed by atoms with E-state index in [4.69, 9.17) is 0 Å². The fourth-order valence-electron chi connectivity index (χ4n) is 6.49. The van der Waals surface area contributed by atoms with Crippen LogP contribution in [0.15, 0.2) is 78.9 Å². The van der Waals surface area contributed by atoms with Gasteiger partial charge in [0.25, 0.3) is 5.91 Å². The molecule has 5 atom stereocenters. The number of fused-ring (bicyclic) bond motifs is 5. The molecular weight excluding hydrogens is 424 g/mol. The molecule has 3 aromatic carbocycles. The highest BCUT2D eigenvalue weighted by Crippen LogP contribution is 2.61. The van der Waals surface area contributed by atoms with Crippen LogP contribution in [0.1, 0.15) is 40.2 Å². The van der Waals surface area contributed by atoms with E-state index < -0.39 is 0 Å². The van der Waals surface area contributed by atoms with Crippen LogP contribution in [0.25, 0.3) is 0 Å². The van der Waals surface area contributed by atoms with Crippen molar-refractivity contribution in [2.45, 2.75) is 25.7 Å². The Bertz CT molecular complexity index is 1300. The van der Waals surface area contributed by atoms with Crippen LogP contribution in [-0.2, 0) is 9.59 Å². The van der Waals surface area contributed by atoms with Gasteiger partial charge in [0.2, 0.25) is 11.8 Å². The number of hydrogen-bond acceptors (Lipinski definition) is 3. The zero-order valence-corrected chi connectivity index (χ0v) is 19.0. The first-order valence-electron chi connectivity index (χ1n) is 11.9. The average Bonchev–Trinajstić information content (AvgIpc) is 3.52. The number of nitrogens with zero attached hydrogens (tertiary/aromatic N) is 1. The second-order valence-corrected chi connectivity index (χ2v) is 9.80. The molecule has 0 unspecified atom stereocenters. The number of rotatable bonds is 4. The Morgan fingerprint density at radius 2 is 1.59 bits per heavy atom. The standard InChI is InChI=1S/C29H26N2O3/c1-17-8-5-6-13-24(17)30-27(32)19-11-7-12-21(14-19)31-28(33)25-20-15-22(18-9-3-2-4-10-18)23(16-20)26(25)29(31)34/h2-14,20,22-23,25-26H,15-16H2,1H3,(H,30,32)/t20-,22-,23+,25+,26+/m0/s1. The first-order valence-corrected chi connectivity index (χ1v) is 11.9. The van der Waals surface area contributed by atoms with E-state index in [0.717, 1.165) is 24.1 Å². The first kappa shape index (κ1) is 20.8. The molecule has 1 N–H and O–H groups in total. The Morgan fingerprint density at radius 1 is 0.853 bits per heavy atom. The van der Waals surface area contributed by atoms with Crippen LogP contribution in [0.4, 0.5) is 11.4 Å². The number of hydrogen-bond donors (Lipinski definition) is 1. The molecule has 6 rings (SSSR count). The summed E-state index contributed by atoms with van der Waals surface area (Å²) in [6.45, 7) is 1.93. The molecule has 1 heterocycles. The molecule has 3 amide bonds. The molecule has 3 aliphatic rings. The summed E-state index contributed by atoms with van der Waals surface area (Å²) in [6.07, 6.45) is 1.90. The second kappa shape index (κ2) is 7.94. The number of nitrogens with one attached hydrogen (secondary N) is 1. The Balaban J connectivity index is 1.26. The van der Waals surface area contributed by atoms with Gasteiger partial charge in [-0.3, -0.25) is 19.3 Å². The lowest BCUT2D eigenvalue weighted by Gasteiger charge is -2.28. The monoisotopic (exact) mass is 450 g/mol.